The van der Waals surface area contributed by atoms with Gasteiger partial charge in [0.1, 0.15) is 5.82 Å². The van der Waals surface area contributed by atoms with Crippen molar-refractivity contribution in [1.29, 1.82) is 0 Å². The van der Waals surface area contributed by atoms with Gasteiger partial charge in [0.25, 0.3) is 0 Å². The number of thiazole rings is 1. The number of hydrogen-bond donors (Lipinski definition) is 1. The molecule has 4 aromatic rings. The normalized spacial score (nSPS) is 11.1. The SMILES string of the molecule is Cc1c(CNC(=O)CCSc2ccccc2)sc2nc(-c3ccc(F)cc3)cn12. The molecule has 148 valence electrons. The van der Waals surface area contributed by atoms with Gasteiger partial charge in [-0.3, -0.25) is 9.20 Å². The largest absolute Gasteiger partial charge is 0.351 e. The molecule has 29 heavy (non-hydrogen) atoms. The monoisotopic (exact) mass is 425 g/mol. The number of thioether (sulfide) groups is 1. The molecule has 0 unspecified atom stereocenters. The number of nitrogens with one attached hydrogen (secondary N) is 1. The van der Waals surface area contributed by atoms with Crippen molar-refractivity contribution in [3.8, 4) is 11.3 Å². The van der Waals surface area contributed by atoms with Crippen LogP contribution in [0.25, 0.3) is 16.2 Å². The highest BCUT2D eigenvalue weighted by atomic mass is 32.2. The maximum Gasteiger partial charge on any atom is 0.221 e. The molecule has 0 saturated heterocycles. The van der Waals surface area contributed by atoms with Crippen molar-refractivity contribution in [2.75, 3.05) is 5.75 Å². The zero-order valence-corrected chi connectivity index (χ0v) is 17.5. The smallest absolute Gasteiger partial charge is 0.221 e. The van der Waals surface area contributed by atoms with Crippen LogP contribution in [-0.4, -0.2) is 21.0 Å². The van der Waals surface area contributed by atoms with Gasteiger partial charge in [0, 0.05) is 39.4 Å². The van der Waals surface area contributed by atoms with Crippen molar-refractivity contribution < 1.29 is 9.18 Å². The van der Waals surface area contributed by atoms with Gasteiger partial charge in [0.2, 0.25) is 5.91 Å². The fourth-order valence-electron chi connectivity index (χ4n) is 2.96. The van der Waals surface area contributed by atoms with E-state index in [1.54, 1.807) is 35.2 Å². The third kappa shape index (κ3) is 4.68. The van der Waals surface area contributed by atoms with E-state index in [9.17, 15) is 9.18 Å². The lowest BCUT2D eigenvalue weighted by atomic mass is 10.2. The summed E-state index contributed by atoms with van der Waals surface area (Å²) < 4.78 is 15.1. The lowest BCUT2D eigenvalue weighted by Crippen LogP contribution is -2.22. The van der Waals surface area contributed by atoms with Crippen molar-refractivity contribution in [3.63, 3.8) is 0 Å². The Morgan fingerprint density at radius 3 is 2.66 bits per heavy atom. The molecule has 0 saturated carbocycles. The molecule has 0 aliphatic rings. The quantitative estimate of drug-likeness (QED) is 0.408. The minimum atomic E-state index is -0.258. The Morgan fingerprint density at radius 2 is 1.93 bits per heavy atom. The summed E-state index contributed by atoms with van der Waals surface area (Å²) in [5, 5.41) is 3.00. The van der Waals surface area contributed by atoms with Crippen LogP contribution < -0.4 is 5.32 Å². The fourth-order valence-corrected chi connectivity index (χ4v) is 4.88. The Morgan fingerprint density at radius 1 is 1.17 bits per heavy atom. The number of aryl methyl sites for hydroxylation is 1. The Bertz CT molecular complexity index is 1120. The van der Waals surface area contributed by atoms with E-state index in [1.165, 1.54) is 17.0 Å². The fraction of sp³-hybridized carbons (Fsp3) is 0.182. The maximum atomic E-state index is 13.1. The lowest BCUT2D eigenvalue weighted by molar-refractivity contribution is -0.120. The van der Waals surface area contributed by atoms with Crippen molar-refractivity contribution in [1.82, 2.24) is 14.7 Å². The van der Waals surface area contributed by atoms with E-state index < -0.39 is 0 Å². The first kappa shape index (κ1) is 19.7. The van der Waals surface area contributed by atoms with Gasteiger partial charge in [0.05, 0.1) is 12.2 Å². The summed E-state index contributed by atoms with van der Waals surface area (Å²) in [4.78, 5) is 19.9. The minimum absolute atomic E-state index is 0.0471. The number of halogens is 1. The number of aromatic nitrogens is 2. The second kappa shape index (κ2) is 8.80. The zero-order chi connectivity index (χ0) is 20.2. The van der Waals surface area contributed by atoms with Crippen LogP contribution in [0.4, 0.5) is 4.39 Å². The highest BCUT2D eigenvalue weighted by Gasteiger charge is 2.13. The summed E-state index contributed by atoms with van der Waals surface area (Å²) in [6, 6.07) is 16.4. The van der Waals surface area contributed by atoms with E-state index in [0.29, 0.717) is 13.0 Å². The topological polar surface area (TPSA) is 46.4 Å². The van der Waals surface area contributed by atoms with Gasteiger partial charge >= 0.3 is 0 Å². The summed E-state index contributed by atoms with van der Waals surface area (Å²) in [6.07, 6.45) is 2.44. The average Bonchev–Trinajstić information content (AvgIpc) is 3.27. The predicted octanol–water partition coefficient (Wildman–Crippen LogP) is 5.31. The van der Waals surface area contributed by atoms with Crippen molar-refractivity contribution in [2.24, 2.45) is 0 Å². The van der Waals surface area contributed by atoms with Gasteiger partial charge in [-0.2, -0.15) is 0 Å². The zero-order valence-electron chi connectivity index (χ0n) is 15.9. The van der Waals surface area contributed by atoms with Gasteiger partial charge in [0.15, 0.2) is 4.96 Å². The molecule has 1 N–H and O–H groups in total. The van der Waals surface area contributed by atoms with Crippen LogP contribution in [0.1, 0.15) is 17.0 Å². The summed E-state index contributed by atoms with van der Waals surface area (Å²) in [7, 11) is 0. The first-order valence-electron chi connectivity index (χ1n) is 9.28. The van der Waals surface area contributed by atoms with E-state index in [-0.39, 0.29) is 11.7 Å². The van der Waals surface area contributed by atoms with Gasteiger partial charge in [-0.25, -0.2) is 9.37 Å². The molecular weight excluding hydrogens is 405 g/mol. The van der Waals surface area contributed by atoms with Crippen LogP contribution in [0.2, 0.25) is 0 Å². The molecule has 7 heteroatoms. The molecule has 1 amide bonds. The third-order valence-corrected chi connectivity index (χ3v) is 6.75. The molecule has 0 atom stereocenters. The molecule has 2 aromatic carbocycles. The molecule has 0 spiro atoms. The molecule has 2 aromatic heterocycles. The Balaban J connectivity index is 1.34. The maximum absolute atomic E-state index is 13.1. The van der Waals surface area contributed by atoms with Crippen molar-refractivity contribution >= 4 is 34.0 Å². The molecule has 0 aliphatic heterocycles. The first-order valence-corrected chi connectivity index (χ1v) is 11.1. The number of nitrogens with zero attached hydrogens (tertiary/aromatic N) is 2. The molecule has 0 aliphatic carbocycles. The molecule has 2 heterocycles. The summed E-state index contributed by atoms with van der Waals surface area (Å²) in [5.41, 5.74) is 2.75. The van der Waals surface area contributed by atoms with Crippen LogP contribution in [-0.2, 0) is 11.3 Å². The number of amides is 1. The van der Waals surface area contributed by atoms with Crippen LogP contribution in [0.15, 0.2) is 65.7 Å². The number of carbonyl (C=O) groups is 1. The first-order chi connectivity index (χ1) is 14.1. The number of benzene rings is 2. The standard InChI is InChI=1S/C22H20FN3OS2/c1-15-20(13-24-21(27)11-12-28-18-5-3-2-4-6-18)29-22-25-19(14-26(15)22)16-7-9-17(23)10-8-16/h2-10,14H,11-13H2,1H3,(H,24,27). The molecule has 4 rings (SSSR count). The average molecular weight is 426 g/mol. The highest BCUT2D eigenvalue weighted by Crippen LogP contribution is 2.27. The second-order valence-electron chi connectivity index (χ2n) is 6.58. The summed E-state index contributed by atoms with van der Waals surface area (Å²) in [6.45, 7) is 2.52. The molecule has 0 radical (unpaired) electrons. The number of hydrogen-bond acceptors (Lipinski definition) is 4. The van der Waals surface area contributed by atoms with Crippen LogP contribution in [0.5, 0.6) is 0 Å². The molecule has 4 nitrogen and oxygen atoms in total. The van der Waals surface area contributed by atoms with Crippen LogP contribution >= 0.6 is 23.1 Å². The van der Waals surface area contributed by atoms with Gasteiger partial charge in [-0.05, 0) is 43.3 Å². The van der Waals surface area contributed by atoms with E-state index >= 15 is 0 Å². The highest BCUT2D eigenvalue weighted by molar-refractivity contribution is 7.99. The van der Waals surface area contributed by atoms with Gasteiger partial charge in [-0.1, -0.05) is 29.5 Å². The molecule has 0 bridgehead atoms. The lowest BCUT2D eigenvalue weighted by Gasteiger charge is -2.05. The Hall–Kier alpha value is -2.64. The van der Waals surface area contributed by atoms with Gasteiger partial charge < -0.3 is 5.32 Å². The minimum Gasteiger partial charge on any atom is -0.351 e. The summed E-state index contributed by atoms with van der Waals surface area (Å²) in [5.74, 6) is 0.542. The molecular formula is C22H20FN3OS2. The van der Waals surface area contributed by atoms with Crippen LogP contribution in [0, 0.1) is 12.7 Å². The van der Waals surface area contributed by atoms with Crippen molar-refractivity contribution in [3.05, 3.63) is 77.2 Å². The third-order valence-electron chi connectivity index (χ3n) is 4.58. The predicted molar refractivity (Wildman–Crippen MR) is 117 cm³/mol. The van der Waals surface area contributed by atoms with Crippen molar-refractivity contribution in [2.45, 2.75) is 24.8 Å². The number of fused-ring (bicyclic) bond motifs is 1. The van der Waals surface area contributed by atoms with Crippen LogP contribution in [0.3, 0.4) is 0 Å². The van der Waals surface area contributed by atoms with E-state index in [4.69, 9.17) is 0 Å². The molecule has 0 fully saturated rings. The number of imidazole rings is 1. The van der Waals surface area contributed by atoms with E-state index in [2.05, 4.69) is 10.3 Å². The van der Waals surface area contributed by atoms with E-state index in [0.717, 1.165) is 32.5 Å². The Labute approximate surface area is 176 Å². The number of carbonyl (C=O) groups excluding carboxylic acids is 1. The Kier molecular flexibility index (Phi) is 5.97. The van der Waals surface area contributed by atoms with Gasteiger partial charge in [-0.15, -0.1) is 11.8 Å². The summed E-state index contributed by atoms with van der Waals surface area (Å²) >= 11 is 3.25. The second-order valence-corrected chi connectivity index (χ2v) is 8.81. The number of rotatable bonds is 7. The van der Waals surface area contributed by atoms with E-state index in [1.807, 2.05) is 47.9 Å².